The minimum atomic E-state index is -0.764. The third kappa shape index (κ3) is 2.63. The zero-order valence-electron chi connectivity index (χ0n) is 12.0. The van der Waals surface area contributed by atoms with E-state index in [2.05, 4.69) is 0 Å². The Morgan fingerprint density at radius 2 is 2.10 bits per heavy atom. The van der Waals surface area contributed by atoms with Crippen LogP contribution in [0, 0.1) is 13.8 Å². The van der Waals surface area contributed by atoms with Gasteiger partial charge in [-0.3, -0.25) is 4.79 Å². The fraction of sp³-hybridized carbons (Fsp3) is 0.375. The second-order valence-corrected chi connectivity index (χ2v) is 5.31. The summed E-state index contributed by atoms with van der Waals surface area (Å²) in [5.74, 6) is -0.911. The van der Waals surface area contributed by atoms with Crippen LogP contribution in [0.15, 0.2) is 22.8 Å². The van der Waals surface area contributed by atoms with Crippen LogP contribution in [0.4, 0.5) is 0 Å². The number of aryl methyl sites for hydroxylation is 2. The quantitative estimate of drug-likeness (QED) is 0.812. The number of fused-ring (bicyclic) bond motifs is 1. The number of rotatable bonds is 3. The molecule has 1 aliphatic rings. The Kier molecular flexibility index (Phi) is 3.41. The molecular weight excluding hydrogens is 272 g/mol. The Morgan fingerprint density at radius 3 is 2.81 bits per heavy atom. The van der Waals surface area contributed by atoms with Crippen molar-refractivity contribution >= 4 is 22.9 Å². The van der Waals surface area contributed by atoms with Crippen molar-refractivity contribution < 1.29 is 23.5 Å². The molecule has 3 rings (SSSR count). The van der Waals surface area contributed by atoms with Crippen LogP contribution in [0.5, 0.6) is 0 Å². The average Bonchev–Trinajstić information content (AvgIpc) is 2.99. The summed E-state index contributed by atoms with van der Waals surface area (Å²) in [6.45, 7) is 4.33. The van der Waals surface area contributed by atoms with Crippen LogP contribution in [0.2, 0.25) is 0 Å². The molecule has 1 aliphatic heterocycles. The Balaban J connectivity index is 1.77. The second-order valence-electron chi connectivity index (χ2n) is 5.31. The molecule has 2 heterocycles. The molecule has 1 fully saturated rings. The SMILES string of the molecule is Cc1cc2occ(CC(=O)O[C@H]3CCOC3=O)c2cc1C. The summed E-state index contributed by atoms with van der Waals surface area (Å²) in [5.41, 5.74) is 3.79. The minimum Gasteiger partial charge on any atom is -0.464 e. The minimum absolute atomic E-state index is 0.0826. The number of carbonyl (C=O) groups is 2. The van der Waals surface area contributed by atoms with Gasteiger partial charge < -0.3 is 13.9 Å². The van der Waals surface area contributed by atoms with Gasteiger partial charge in [0.15, 0.2) is 0 Å². The molecule has 0 amide bonds. The van der Waals surface area contributed by atoms with E-state index in [9.17, 15) is 9.59 Å². The maximum atomic E-state index is 11.9. The van der Waals surface area contributed by atoms with E-state index in [-0.39, 0.29) is 6.42 Å². The number of hydrogen-bond donors (Lipinski definition) is 0. The van der Waals surface area contributed by atoms with Crippen LogP contribution in [-0.4, -0.2) is 24.6 Å². The molecule has 0 N–H and O–H groups in total. The van der Waals surface area contributed by atoms with Gasteiger partial charge in [-0.05, 0) is 37.1 Å². The van der Waals surface area contributed by atoms with Gasteiger partial charge in [0, 0.05) is 17.4 Å². The van der Waals surface area contributed by atoms with Crippen molar-refractivity contribution in [3.63, 3.8) is 0 Å². The van der Waals surface area contributed by atoms with Gasteiger partial charge in [0.05, 0.1) is 19.3 Å². The van der Waals surface area contributed by atoms with Crippen molar-refractivity contribution in [1.82, 2.24) is 0 Å². The van der Waals surface area contributed by atoms with E-state index < -0.39 is 18.0 Å². The van der Waals surface area contributed by atoms with Crippen LogP contribution < -0.4 is 0 Å². The highest BCUT2D eigenvalue weighted by molar-refractivity contribution is 5.88. The molecule has 0 aliphatic carbocycles. The molecule has 1 aromatic carbocycles. The molecule has 0 spiro atoms. The molecule has 0 bridgehead atoms. The summed E-state index contributed by atoms with van der Waals surface area (Å²) >= 11 is 0. The molecule has 0 radical (unpaired) electrons. The summed E-state index contributed by atoms with van der Waals surface area (Å²) in [7, 11) is 0. The molecule has 2 aromatic rings. The van der Waals surface area contributed by atoms with E-state index in [4.69, 9.17) is 13.9 Å². The summed E-state index contributed by atoms with van der Waals surface area (Å²) in [5, 5.41) is 0.907. The van der Waals surface area contributed by atoms with E-state index in [1.54, 1.807) is 6.26 Å². The summed E-state index contributed by atoms with van der Waals surface area (Å²) in [6, 6.07) is 3.95. The average molecular weight is 288 g/mol. The first-order valence-corrected chi connectivity index (χ1v) is 6.88. The van der Waals surface area contributed by atoms with Crippen molar-refractivity contribution in [3.8, 4) is 0 Å². The molecular formula is C16H16O5. The van der Waals surface area contributed by atoms with E-state index in [1.165, 1.54) is 0 Å². The third-order valence-corrected chi connectivity index (χ3v) is 3.77. The number of furan rings is 1. The first-order chi connectivity index (χ1) is 10.0. The topological polar surface area (TPSA) is 65.7 Å². The lowest BCUT2D eigenvalue weighted by atomic mass is 10.0. The number of ether oxygens (including phenoxy) is 2. The van der Waals surface area contributed by atoms with E-state index in [0.29, 0.717) is 13.0 Å². The maximum Gasteiger partial charge on any atom is 0.347 e. The van der Waals surface area contributed by atoms with Gasteiger partial charge in [-0.2, -0.15) is 0 Å². The van der Waals surface area contributed by atoms with Gasteiger partial charge in [0.2, 0.25) is 6.10 Å². The van der Waals surface area contributed by atoms with E-state index >= 15 is 0 Å². The highest BCUT2D eigenvalue weighted by Gasteiger charge is 2.30. The fourth-order valence-electron chi connectivity index (χ4n) is 2.41. The Labute approximate surface area is 121 Å². The highest BCUT2D eigenvalue weighted by atomic mass is 16.6. The lowest BCUT2D eigenvalue weighted by molar-refractivity contribution is -0.159. The van der Waals surface area contributed by atoms with E-state index in [0.717, 1.165) is 27.7 Å². The van der Waals surface area contributed by atoms with Gasteiger partial charge >= 0.3 is 11.9 Å². The van der Waals surface area contributed by atoms with Crippen molar-refractivity contribution in [1.29, 1.82) is 0 Å². The van der Waals surface area contributed by atoms with Crippen molar-refractivity contribution in [2.75, 3.05) is 6.61 Å². The second kappa shape index (κ2) is 5.24. The summed E-state index contributed by atoms with van der Waals surface area (Å²) < 4.78 is 15.4. The Morgan fingerprint density at radius 1 is 1.33 bits per heavy atom. The third-order valence-electron chi connectivity index (χ3n) is 3.77. The monoisotopic (exact) mass is 288 g/mol. The van der Waals surface area contributed by atoms with Gasteiger partial charge in [0.25, 0.3) is 0 Å². The Hall–Kier alpha value is -2.30. The predicted molar refractivity (Wildman–Crippen MR) is 74.8 cm³/mol. The molecule has 1 aromatic heterocycles. The van der Waals surface area contributed by atoms with Crippen LogP contribution >= 0.6 is 0 Å². The summed E-state index contributed by atoms with van der Waals surface area (Å²) in [6.07, 6.45) is 1.31. The predicted octanol–water partition coefficient (Wildman–Crippen LogP) is 2.45. The van der Waals surface area contributed by atoms with Crippen LogP contribution in [0.3, 0.4) is 0 Å². The maximum absolute atomic E-state index is 11.9. The summed E-state index contributed by atoms with van der Waals surface area (Å²) in [4.78, 5) is 23.2. The molecule has 1 atom stereocenters. The zero-order chi connectivity index (χ0) is 15.0. The molecule has 0 saturated carbocycles. The zero-order valence-corrected chi connectivity index (χ0v) is 12.0. The number of benzene rings is 1. The number of esters is 2. The largest absolute Gasteiger partial charge is 0.464 e. The first kappa shape index (κ1) is 13.7. The lowest BCUT2D eigenvalue weighted by Gasteiger charge is -2.07. The molecule has 21 heavy (non-hydrogen) atoms. The van der Waals surface area contributed by atoms with Crippen molar-refractivity contribution in [2.45, 2.75) is 32.8 Å². The molecule has 5 nitrogen and oxygen atoms in total. The number of carbonyl (C=O) groups excluding carboxylic acids is 2. The van der Waals surface area contributed by atoms with Crippen LogP contribution in [0.1, 0.15) is 23.1 Å². The number of cyclic esters (lactones) is 1. The molecule has 0 unspecified atom stereocenters. The van der Waals surface area contributed by atoms with Crippen molar-refractivity contribution in [3.05, 3.63) is 35.1 Å². The highest BCUT2D eigenvalue weighted by Crippen LogP contribution is 2.25. The van der Waals surface area contributed by atoms with E-state index in [1.807, 2.05) is 26.0 Å². The molecule has 1 saturated heterocycles. The number of hydrogen-bond acceptors (Lipinski definition) is 5. The Bertz CT molecular complexity index is 713. The van der Waals surface area contributed by atoms with Gasteiger partial charge in [-0.15, -0.1) is 0 Å². The standard InChI is InChI=1S/C16H16O5/c1-9-5-12-11(8-20-14(12)6-10(9)2)7-15(17)21-13-3-4-19-16(13)18/h5-6,8,13H,3-4,7H2,1-2H3/t13-/m0/s1. The molecule has 110 valence electrons. The lowest BCUT2D eigenvalue weighted by Crippen LogP contribution is -2.23. The van der Waals surface area contributed by atoms with Crippen LogP contribution in [0.25, 0.3) is 11.0 Å². The van der Waals surface area contributed by atoms with Gasteiger partial charge in [0.1, 0.15) is 5.58 Å². The first-order valence-electron chi connectivity index (χ1n) is 6.88. The normalized spacial score (nSPS) is 18.0. The van der Waals surface area contributed by atoms with Gasteiger partial charge in [-0.1, -0.05) is 0 Å². The fourth-order valence-corrected chi connectivity index (χ4v) is 2.41. The molecule has 5 heteroatoms. The smallest absolute Gasteiger partial charge is 0.347 e. The van der Waals surface area contributed by atoms with Crippen LogP contribution in [-0.2, 0) is 25.5 Å². The van der Waals surface area contributed by atoms with Crippen molar-refractivity contribution in [2.24, 2.45) is 0 Å². The van der Waals surface area contributed by atoms with Gasteiger partial charge in [-0.25, -0.2) is 4.79 Å².